The summed E-state index contributed by atoms with van der Waals surface area (Å²) in [5.74, 6) is -0.0699. The molecule has 1 amide bonds. The van der Waals surface area contributed by atoms with Gasteiger partial charge in [-0.25, -0.2) is 0 Å². The third kappa shape index (κ3) is 3.01. The average Bonchev–Trinajstić information content (AvgIpc) is 3.07. The first-order valence-corrected chi connectivity index (χ1v) is 7.21. The quantitative estimate of drug-likeness (QED) is 0.914. The summed E-state index contributed by atoms with van der Waals surface area (Å²) in [4.78, 5) is 19.1. The number of nitrogens with one attached hydrogen (secondary N) is 1. The largest absolute Gasteiger partial charge is 0.333 e. The van der Waals surface area contributed by atoms with Crippen molar-refractivity contribution < 1.29 is 4.79 Å². The smallest absolute Gasteiger partial charge is 0.274 e. The third-order valence-electron chi connectivity index (χ3n) is 3.13. The molecule has 1 N–H and O–H groups in total. The van der Waals surface area contributed by atoms with Crippen LogP contribution in [0, 0.1) is 0 Å². The summed E-state index contributed by atoms with van der Waals surface area (Å²) in [5.41, 5.74) is 3.25. The molecule has 2 aromatic rings. The molecule has 1 atom stereocenters. The minimum absolute atomic E-state index is 0.00586. The molecule has 5 nitrogen and oxygen atoms in total. The van der Waals surface area contributed by atoms with E-state index in [4.69, 9.17) is 0 Å². The Bertz CT molecular complexity index is 535. The summed E-state index contributed by atoms with van der Waals surface area (Å²) < 4.78 is 0. The number of hydrogen-bond acceptors (Lipinski definition) is 4. The van der Waals surface area contributed by atoms with Crippen LogP contribution in [0.4, 0.5) is 0 Å². The van der Waals surface area contributed by atoms with E-state index in [9.17, 15) is 4.79 Å². The molecule has 0 aliphatic heterocycles. The normalized spacial score (nSPS) is 12.4. The Morgan fingerprint density at radius 1 is 1.58 bits per heavy atom. The first-order chi connectivity index (χ1) is 9.13. The highest BCUT2D eigenvalue weighted by atomic mass is 32.1. The highest BCUT2D eigenvalue weighted by Crippen LogP contribution is 2.23. The Morgan fingerprint density at radius 3 is 3.00 bits per heavy atom. The number of aromatic amines is 1. The molecular formula is C13H18N4OS. The lowest BCUT2D eigenvalue weighted by molar-refractivity contribution is 0.0739. The van der Waals surface area contributed by atoms with E-state index in [1.807, 2.05) is 13.0 Å². The Balaban J connectivity index is 2.09. The van der Waals surface area contributed by atoms with Crippen LogP contribution in [0.5, 0.6) is 0 Å². The van der Waals surface area contributed by atoms with Gasteiger partial charge in [0.15, 0.2) is 0 Å². The second kappa shape index (κ2) is 5.97. The van der Waals surface area contributed by atoms with E-state index in [0.717, 1.165) is 23.4 Å². The lowest BCUT2D eigenvalue weighted by Gasteiger charge is -2.22. The number of thiazole rings is 1. The number of aryl methyl sites for hydroxylation is 1. The van der Waals surface area contributed by atoms with Crippen molar-refractivity contribution in [1.29, 1.82) is 0 Å². The van der Waals surface area contributed by atoms with Crippen molar-refractivity contribution in [1.82, 2.24) is 20.1 Å². The molecule has 0 aliphatic rings. The molecule has 0 aromatic carbocycles. The fourth-order valence-corrected chi connectivity index (χ4v) is 2.57. The number of rotatable bonds is 5. The van der Waals surface area contributed by atoms with E-state index >= 15 is 0 Å². The highest BCUT2D eigenvalue weighted by Gasteiger charge is 2.21. The topological polar surface area (TPSA) is 61.9 Å². The van der Waals surface area contributed by atoms with Crippen LogP contribution >= 0.6 is 11.3 Å². The molecule has 0 bridgehead atoms. The second-order valence-corrected chi connectivity index (χ2v) is 5.44. The van der Waals surface area contributed by atoms with E-state index in [0.29, 0.717) is 5.69 Å². The predicted octanol–water partition coefficient (Wildman–Crippen LogP) is 2.65. The number of nitrogens with zero attached hydrogens (tertiary/aromatic N) is 3. The third-order valence-corrected chi connectivity index (χ3v) is 4.08. The monoisotopic (exact) mass is 278 g/mol. The van der Waals surface area contributed by atoms with Gasteiger partial charge in [-0.05, 0) is 19.4 Å². The number of H-pyrrole nitrogens is 1. The van der Waals surface area contributed by atoms with Crippen LogP contribution in [0.1, 0.15) is 47.4 Å². The van der Waals surface area contributed by atoms with Gasteiger partial charge in [0, 0.05) is 23.8 Å². The molecule has 2 aromatic heterocycles. The molecule has 0 fully saturated rings. The Labute approximate surface area is 116 Å². The molecule has 2 heterocycles. The van der Waals surface area contributed by atoms with Crippen molar-refractivity contribution in [3.05, 3.63) is 34.0 Å². The molecule has 2 rings (SSSR count). The molecule has 102 valence electrons. The highest BCUT2D eigenvalue weighted by molar-refractivity contribution is 7.09. The standard InChI is InChI=1S/C13H18N4OS/c1-4-5-10-6-11(16-15-10)13(18)17(3)9(2)12-7-14-8-19-12/h6-9H,4-5H2,1-3H3,(H,15,16)/t9-/m1/s1. The van der Waals surface area contributed by atoms with Crippen LogP contribution in [-0.2, 0) is 6.42 Å². The first kappa shape index (κ1) is 13.7. The lowest BCUT2D eigenvalue weighted by atomic mass is 10.2. The van der Waals surface area contributed by atoms with Gasteiger partial charge in [-0.15, -0.1) is 11.3 Å². The van der Waals surface area contributed by atoms with Gasteiger partial charge in [-0.2, -0.15) is 5.10 Å². The van der Waals surface area contributed by atoms with Gasteiger partial charge in [0.25, 0.3) is 5.91 Å². The van der Waals surface area contributed by atoms with Gasteiger partial charge in [-0.1, -0.05) is 13.3 Å². The van der Waals surface area contributed by atoms with Gasteiger partial charge in [-0.3, -0.25) is 14.9 Å². The molecular weight excluding hydrogens is 260 g/mol. The minimum Gasteiger partial charge on any atom is -0.333 e. The van der Waals surface area contributed by atoms with Crippen molar-refractivity contribution >= 4 is 17.2 Å². The maximum absolute atomic E-state index is 12.3. The zero-order chi connectivity index (χ0) is 13.8. The van der Waals surface area contributed by atoms with Crippen molar-refractivity contribution in [2.24, 2.45) is 0 Å². The van der Waals surface area contributed by atoms with Gasteiger partial charge >= 0.3 is 0 Å². The van der Waals surface area contributed by atoms with Crippen molar-refractivity contribution in [2.45, 2.75) is 32.7 Å². The van der Waals surface area contributed by atoms with Crippen LogP contribution < -0.4 is 0 Å². The number of carbonyl (C=O) groups excluding carboxylic acids is 1. The van der Waals surface area contributed by atoms with Gasteiger partial charge in [0.2, 0.25) is 0 Å². The fourth-order valence-electron chi connectivity index (χ4n) is 1.85. The molecule has 0 radical (unpaired) electrons. The fraction of sp³-hybridized carbons (Fsp3) is 0.462. The Morgan fingerprint density at radius 2 is 2.37 bits per heavy atom. The first-order valence-electron chi connectivity index (χ1n) is 6.33. The van der Waals surface area contributed by atoms with Crippen LogP contribution in [0.15, 0.2) is 17.8 Å². The molecule has 0 aliphatic carbocycles. The van der Waals surface area contributed by atoms with Crippen LogP contribution in [-0.4, -0.2) is 33.0 Å². The van der Waals surface area contributed by atoms with E-state index in [-0.39, 0.29) is 11.9 Å². The molecule has 0 spiro atoms. The molecule has 6 heteroatoms. The summed E-state index contributed by atoms with van der Waals surface area (Å²) in [5, 5.41) is 7.00. The maximum Gasteiger partial charge on any atom is 0.274 e. The van der Waals surface area contributed by atoms with Gasteiger partial charge in [0.05, 0.1) is 11.6 Å². The molecule has 0 saturated heterocycles. The Hall–Kier alpha value is -1.69. The summed E-state index contributed by atoms with van der Waals surface area (Å²) in [7, 11) is 1.79. The van der Waals surface area contributed by atoms with Gasteiger partial charge in [0.1, 0.15) is 5.69 Å². The minimum atomic E-state index is -0.0699. The predicted molar refractivity (Wildman–Crippen MR) is 75.2 cm³/mol. The maximum atomic E-state index is 12.3. The SMILES string of the molecule is CCCc1cc(C(=O)N(C)[C@H](C)c2cncs2)n[nH]1. The second-order valence-electron chi connectivity index (χ2n) is 4.52. The zero-order valence-corrected chi connectivity index (χ0v) is 12.2. The van der Waals surface area contributed by atoms with Crippen molar-refractivity contribution in [2.75, 3.05) is 7.05 Å². The van der Waals surface area contributed by atoms with Crippen LogP contribution in [0.3, 0.4) is 0 Å². The number of amides is 1. The van der Waals surface area contributed by atoms with E-state index < -0.39 is 0 Å². The zero-order valence-electron chi connectivity index (χ0n) is 11.4. The summed E-state index contributed by atoms with van der Waals surface area (Å²) in [6.45, 7) is 4.09. The van der Waals surface area contributed by atoms with Crippen molar-refractivity contribution in [3.63, 3.8) is 0 Å². The van der Waals surface area contributed by atoms with Crippen LogP contribution in [0.25, 0.3) is 0 Å². The summed E-state index contributed by atoms with van der Waals surface area (Å²) in [6, 6.07) is 1.84. The van der Waals surface area contributed by atoms with E-state index in [1.54, 1.807) is 35.0 Å². The number of aromatic nitrogens is 3. The molecule has 0 unspecified atom stereocenters. The van der Waals surface area contributed by atoms with Gasteiger partial charge < -0.3 is 4.90 Å². The number of carbonyl (C=O) groups is 1. The Kier molecular flexibility index (Phi) is 4.31. The van der Waals surface area contributed by atoms with Crippen LogP contribution in [0.2, 0.25) is 0 Å². The van der Waals surface area contributed by atoms with Crippen molar-refractivity contribution in [3.8, 4) is 0 Å². The average molecular weight is 278 g/mol. The lowest BCUT2D eigenvalue weighted by Crippen LogP contribution is -2.29. The number of hydrogen-bond donors (Lipinski definition) is 1. The van der Waals surface area contributed by atoms with E-state index in [1.165, 1.54) is 0 Å². The van der Waals surface area contributed by atoms with E-state index in [2.05, 4.69) is 22.1 Å². The summed E-state index contributed by atoms with van der Waals surface area (Å²) >= 11 is 1.55. The molecule has 0 saturated carbocycles. The molecule has 19 heavy (non-hydrogen) atoms. The summed E-state index contributed by atoms with van der Waals surface area (Å²) in [6.07, 6.45) is 3.74.